The lowest BCUT2D eigenvalue weighted by atomic mass is 9.71. The predicted molar refractivity (Wildman–Crippen MR) is 90.5 cm³/mol. The molecule has 6 heteroatoms. The van der Waals surface area contributed by atoms with Gasteiger partial charge in [0.1, 0.15) is 5.41 Å². The second kappa shape index (κ2) is 4.99. The van der Waals surface area contributed by atoms with Crippen LogP contribution >= 0.6 is 0 Å². The zero-order valence-corrected chi connectivity index (χ0v) is 14.3. The van der Waals surface area contributed by atoms with E-state index in [2.05, 4.69) is 0 Å². The summed E-state index contributed by atoms with van der Waals surface area (Å²) < 4.78 is 6.18. The smallest absolute Gasteiger partial charge is 0.264 e. The Hall–Kier alpha value is -2.05. The molecule has 1 saturated carbocycles. The van der Waals surface area contributed by atoms with Gasteiger partial charge in [-0.1, -0.05) is 18.2 Å². The minimum atomic E-state index is -0.771. The molecule has 0 N–H and O–H groups in total. The van der Waals surface area contributed by atoms with E-state index in [-0.39, 0.29) is 35.7 Å². The molecule has 1 aliphatic carbocycles. The van der Waals surface area contributed by atoms with E-state index in [4.69, 9.17) is 14.6 Å². The third-order valence-electron chi connectivity index (χ3n) is 6.42. The lowest BCUT2D eigenvalue weighted by Crippen LogP contribution is -2.51. The Kier molecular flexibility index (Phi) is 3.04. The number of hydrogen-bond donors (Lipinski definition) is 0. The van der Waals surface area contributed by atoms with Gasteiger partial charge in [0.2, 0.25) is 0 Å². The highest BCUT2D eigenvalue weighted by molar-refractivity contribution is 6.40. The number of nitrogens with zero attached hydrogens (tertiary/aromatic N) is 2. The van der Waals surface area contributed by atoms with Crippen molar-refractivity contribution >= 4 is 23.1 Å². The molecule has 6 nitrogen and oxygen atoms in total. The Morgan fingerprint density at radius 3 is 2.96 bits per heavy atom. The van der Waals surface area contributed by atoms with Crippen molar-refractivity contribution in [2.24, 2.45) is 16.8 Å². The number of hydroxylamine groups is 1. The number of Topliss-reactive ketones (excluding diaryl/α,β-unsaturated/α-hetero) is 1. The van der Waals surface area contributed by atoms with Crippen LogP contribution < -0.4 is 5.06 Å². The molecule has 25 heavy (non-hydrogen) atoms. The Morgan fingerprint density at radius 1 is 1.40 bits per heavy atom. The quantitative estimate of drug-likeness (QED) is 0.821. The van der Waals surface area contributed by atoms with Gasteiger partial charge in [0.05, 0.1) is 37.3 Å². The molecule has 0 radical (unpaired) electrons. The number of para-hydroxylation sites is 1. The summed E-state index contributed by atoms with van der Waals surface area (Å²) in [5.74, 6) is 0.281. The number of benzene rings is 1. The normalized spacial score (nSPS) is 38.1. The van der Waals surface area contributed by atoms with Crippen LogP contribution in [-0.2, 0) is 24.6 Å². The largest absolute Gasteiger partial charge is 0.376 e. The standard InChI is InChI=1S/C19H20N2O4/c1-10(22)17-11-7-16-19(8-14(20-17)12(11)9-25-16)13-5-3-4-6-15(13)21(24-2)18(19)23/h3-6,11-12,14,16H,7-9H2,1-2H3/t11-,12+,14+,16-,19-/m0/s1. The number of rotatable bonds is 2. The van der Waals surface area contributed by atoms with Crippen molar-refractivity contribution in [1.29, 1.82) is 0 Å². The molecule has 1 amide bonds. The van der Waals surface area contributed by atoms with Gasteiger partial charge in [-0.15, -0.1) is 0 Å². The number of ketones is 1. The number of carbonyl (C=O) groups excluding carboxylic acids is 2. The van der Waals surface area contributed by atoms with Gasteiger partial charge in [-0.25, -0.2) is 0 Å². The highest BCUT2D eigenvalue weighted by Gasteiger charge is 2.64. The highest BCUT2D eigenvalue weighted by atomic mass is 16.7. The number of amides is 1. The monoisotopic (exact) mass is 340 g/mol. The third-order valence-corrected chi connectivity index (χ3v) is 6.42. The average molecular weight is 340 g/mol. The summed E-state index contributed by atoms with van der Waals surface area (Å²) in [6.45, 7) is 2.15. The van der Waals surface area contributed by atoms with Gasteiger partial charge >= 0.3 is 0 Å². The maximum atomic E-state index is 13.4. The van der Waals surface area contributed by atoms with Crippen LogP contribution in [0, 0.1) is 11.8 Å². The topological polar surface area (TPSA) is 68.2 Å². The van der Waals surface area contributed by atoms with E-state index in [1.807, 2.05) is 24.3 Å². The van der Waals surface area contributed by atoms with Crippen LogP contribution in [0.3, 0.4) is 0 Å². The molecule has 3 fully saturated rings. The fourth-order valence-corrected chi connectivity index (χ4v) is 5.36. The van der Waals surface area contributed by atoms with Crippen molar-refractivity contribution in [3.8, 4) is 0 Å². The molecule has 4 bridgehead atoms. The van der Waals surface area contributed by atoms with E-state index in [1.165, 1.54) is 12.2 Å². The maximum absolute atomic E-state index is 13.4. The van der Waals surface area contributed by atoms with Crippen LogP contribution in [0.5, 0.6) is 0 Å². The van der Waals surface area contributed by atoms with Gasteiger partial charge in [-0.05, 0) is 24.5 Å². The summed E-state index contributed by atoms with van der Waals surface area (Å²) in [4.78, 5) is 35.5. The first-order chi connectivity index (χ1) is 12.1. The Bertz CT molecular complexity index is 819. The van der Waals surface area contributed by atoms with Gasteiger partial charge in [0.15, 0.2) is 5.78 Å². The molecular weight excluding hydrogens is 320 g/mol. The Balaban J connectivity index is 1.69. The minimum absolute atomic E-state index is 0.0470. The summed E-state index contributed by atoms with van der Waals surface area (Å²) in [5, 5.41) is 1.39. The number of aliphatic imine (C=N–C) groups is 1. The van der Waals surface area contributed by atoms with E-state index >= 15 is 0 Å². The van der Waals surface area contributed by atoms with Crippen molar-refractivity contribution in [3.63, 3.8) is 0 Å². The number of hydrogen-bond acceptors (Lipinski definition) is 5. The van der Waals surface area contributed by atoms with Crippen molar-refractivity contribution in [1.82, 2.24) is 0 Å². The molecule has 1 aromatic rings. The lowest BCUT2D eigenvalue weighted by Gasteiger charge is -2.38. The zero-order valence-electron chi connectivity index (χ0n) is 14.3. The van der Waals surface area contributed by atoms with Crippen molar-refractivity contribution in [2.45, 2.75) is 37.3 Å². The first-order valence-electron chi connectivity index (χ1n) is 8.76. The second-order valence-electron chi connectivity index (χ2n) is 7.44. The van der Waals surface area contributed by atoms with E-state index in [0.29, 0.717) is 25.2 Å². The number of ether oxygens (including phenoxy) is 1. The molecule has 1 aromatic carbocycles. The first-order valence-corrected chi connectivity index (χ1v) is 8.76. The van der Waals surface area contributed by atoms with Gasteiger partial charge in [-0.2, -0.15) is 5.06 Å². The molecular formula is C19H20N2O4. The number of fused-ring (bicyclic) bond motifs is 2. The summed E-state index contributed by atoms with van der Waals surface area (Å²) in [6, 6.07) is 7.71. The average Bonchev–Trinajstić information content (AvgIpc) is 2.97. The number of carbonyl (C=O) groups is 2. The molecule has 5 aliphatic rings. The predicted octanol–water partition coefficient (Wildman–Crippen LogP) is 1.67. The third kappa shape index (κ3) is 1.74. The summed E-state index contributed by atoms with van der Waals surface area (Å²) in [6.07, 6.45) is 0.986. The molecule has 4 aliphatic heterocycles. The van der Waals surface area contributed by atoms with E-state index in [1.54, 1.807) is 6.92 Å². The molecule has 4 heterocycles. The fraction of sp³-hybridized carbons (Fsp3) is 0.526. The molecule has 0 unspecified atom stereocenters. The summed E-state index contributed by atoms with van der Waals surface area (Å²) in [7, 11) is 1.51. The molecule has 0 aromatic heterocycles. The van der Waals surface area contributed by atoms with Gasteiger partial charge < -0.3 is 4.74 Å². The zero-order chi connectivity index (χ0) is 17.3. The van der Waals surface area contributed by atoms with Crippen LogP contribution in [0.1, 0.15) is 25.3 Å². The van der Waals surface area contributed by atoms with E-state index < -0.39 is 5.41 Å². The fourth-order valence-electron chi connectivity index (χ4n) is 5.36. The second-order valence-corrected chi connectivity index (χ2v) is 7.44. The molecule has 130 valence electrons. The molecule has 5 atom stereocenters. The maximum Gasteiger partial charge on any atom is 0.264 e. The van der Waals surface area contributed by atoms with Gasteiger partial charge in [-0.3, -0.25) is 19.4 Å². The lowest BCUT2D eigenvalue weighted by molar-refractivity contribution is -0.137. The first kappa shape index (κ1) is 15.2. The molecule has 1 spiro atoms. The Morgan fingerprint density at radius 2 is 2.20 bits per heavy atom. The molecule has 2 saturated heterocycles. The summed E-state index contributed by atoms with van der Waals surface area (Å²) >= 11 is 0. The van der Waals surface area contributed by atoms with Crippen molar-refractivity contribution in [3.05, 3.63) is 29.8 Å². The van der Waals surface area contributed by atoms with Crippen LogP contribution in [0.4, 0.5) is 5.69 Å². The molecule has 6 rings (SSSR count). The summed E-state index contributed by atoms with van der Waals surface area (Å²) in [5.41, 5.74) is 1.67. The van der Waals surface area contributed by atoms with Crippen LogP contribution in [-0.4, -0.2) is 43.3 Å². The van der Waals surface area contributed by atoms with Gasteiger partial charge in [0.25, 0.3) is 5.91 Å². The van der Waals surface area contributed by atoms with Gasteiger partial charge in [0, 0.05) is 18.8 Å². The Labute approximate surface area is 145 Å². The minimum Gasteiger partial charge on any atom is -0.376 e. The van der Waals surface area contributed by atoms with Crippen LogP contribution in [0.25, 0.3) is 0 Å². The van der Waals surface area contributed by atoms with Crippen LogP contribution in [0.2, 0.25) is 0 Å². The van der Waals surface area contributed by atoms with Crippen molar-refractivity contribution in [2.75, 3.05) is 18.8 Å². The SMILES string of the molecule is CON1C(=O)[C@@]2(C[C@H]3N=C(C(C)=O)[C@H]4C[C@@H]2OC[C@H]43)c2ccccc21. The number of anilines is 1. The van der Waals surface area contributed by atoms with Crippen molar-refractivity contribution < 1.29 is 19.2 Å². The van der Waals surface area contributed by atoms with E-state index in [0.717, 1.165) is 11.3 Å². The van der Waals surface area contributed by atoms with Crippen LogP contribution in [0.15, 0.2) is 29.3 Å². The van der Waals surface area contributed by atoms with E-state index in [9.17, 15) is 9.59 Å². The highest BCUT2D eigenvalue weighted by Crippen LogP contribution is 2.56.